The van der Waals surface area contributed by atoms with E-state index in [1.807, 2.05) is 50.4 Å². The fourth-order valence-electron chi connectivity index (χ4n) is 1.95. The molecule has 5 heteroatoms. The highest BCUT2D eigenvalue weighted by molar-refractivity contribution is 9.10. The number of rotatable bonds is 7. The number of nitrogens with one attached hydrogen (secondary N) is 2. The van der Waals surface area contributed by atoms with Gasteiger partial charge in [0.1, 0.15) is 12.4 Å². The minimum absolute atomic E-state index is 0.0987. The quantitative estimate of drug-likeness (QED) is 0.778. The fourth-order valence-corrected chi connectivity index (χ4v) is 2.35. The minimum atomic E-state index is -0.0987. The summed E-state index contributed by atoms with van der Waals surface area (Å²) in [6, 6.07) is 15.4. The van der Waals surface area contributed by atoms with Crippen LogP contribution in [0.4, 0.5) is 0 Å². The molecule has 2 rings (SSSR count). The summed E-state index contributed by atoms with van der Waals surface area (Å²) in [5.74, 6) is 0.577. The Balaban J connectivity index is 1.97. The summed E-state index contributed by atoms with van der Waals surface area (Å²) in [6.07, 6.45) is 0. The number of carbonyl (C=O) groups excluding carboxylic acids is 1. The van der Waals surface area contributed by atoms with Crippen molar-refractivity contribution in [3.8, 4) is 5.75 Å². The van der Waals surface area contributed by atoms with Gasteiger partial charge in [-0.15, -0.1) is 0 Å². The van der Waals surface area contributed by atoms with Crippen LogP contribution >= 0.6 is 15.9 Å². The van der Waals surface area contributed by atoms with E-state index in [9.17, 15) is 4.79 Å². The van der Waals surface area contributed by atoms with E-state index >= 15 is 0 Å². The van der Waals surface area contributed by atoms with Gasteiger partial charge in [0.25, 0.3) is 5.91 Å². The Hall–Kier alpha value is -1.85. The second kappa shape index (κ2) is 8.70. The summed E-state index contributed by atoms with van der Waals surface area (Å²) in [5, 5.41) is 5.98. The van der Waals surface area contributed by atoms with Gasteiger partial charge in [-0.1, -0.05) is 40.2 Å². The predicted octanol–water partition coefficient (Wildman–Crippen LogP) is 3.37. The molecule has 0 aliphatic rings. The number of ether oxygens (including phenoxy) is 1. The highest BCUT2D eigenvalue weighted by Gasteiger charge is 2.08. The molecule has 0 aliphatic carbocycles. The van der Waals surface area contributed by atoms with Gasteiger partial charge < -0.3 is 15.4 Å². The largest absolute Gasteiger partial charge is 0.489 e. The van der Waals surface area contributed by atoms with Crippen molar-refractivity contribution in [2.24, 2.45) is 0 Å². The first-order valence-electron chi connectivity index (χ1n) is 7.52. The summed E-state index contributed by atoms with van der Waals surface area (Å²) >= 11 is 3.50. The maximum absolute atomic E-state index is 12.1. The normalized spacial score (nSPS) is 11.8. The van der Waals surface area contributed by atoms with Gasteiger partial charge in [0.05, 0.1) is 0 Å². The van der Waals surface area contributed by atoms with Crippen LogP contribution in [0.15, 0.2) is 53.0 Å². The van der Waals surface area contributed by atoms with Crippen molar-refractivity contribution in [3.63, 3.8) is 0 Å². The smallest absolute Gasteiger partial charge is 0.251 e. The Labute approximate surface area is 145 Å². The first kappa shape index (κ1) is 17.5. The molecule has 4 nitrogen and oxygen atoms in total. The van der Waals surface area contributed by atoms with E-state index in [1.54, 1.807) is 12.1 Å². The van der Waals surface area contributed by atoms with Crippen LogP contribution < -0.4 is 15.4 Å². The van der Waals surface area contributed by atoms with Crippen molar-refractivity contribution in [3.05, 3.63) is 64.1 Å². The summed E-state index contributed by atoms with van der Waals surface area (Å²) < 4.78 is 6.80. The molecule has 2 aromatic carbocycles. The molecule has 0 saturated carbocycles. The van der Waals surface area contributed by atoms with E-state index in [0.717, 1.165) is 10.0 Å². The molecule has 2 N–H and O–H groups in total. The molecule has 1 atom stereocenters. The molecule has 0 fully saturated rings. The van der Waals surface area contributed by atoms with Gasteiger partial charge in [-0.25, -0.2) is 0 Å². The van der Waals surface area contributed by atoms with Crippen molar-refractivity contribution in [2.75, 3.05) is 13.6 Å². The molecule has 2 aromatic rings. The van der Waals surface area contributed by atoms with Crippen molar-refractivity contribution in [1.29, 1.82) is 0 Å². The fraction of sp³-hybridized carbons (Fsp3) is 0.278. The Morgan fingerprint density at radius 1 is 1.22 bits per heavy atom. The zero-order chi connectivity index (χ0) is 16.7. The Morgan fingerprint density at radius 3 is 2.74 bits per heavy atom. The lowest BCUT2D eigenvalue weighted by molar-refractivity contribution is 0.0950. The molecule has 0 heterocycles. The standard InChI is InChI=1S/C18H21BrN2O2/c1-13(20-2)11-21-18(22)14-7-5-8-16(10-14)23-12-15-6-3-4-9-17(15)19/h3-10,13,20H,11-12H2,1-2H3,(H,21,22). The second-order valence-electron chi connectivity index (χ2n) is 5.31. The van der Waals surface area contributed by atoms with Crippen LogP contribution in [0.25, 0.3) is 0 Å². The van der Waals surface area contributed by atoms with Crippen molar-refractivity contribution < 1.29 is 9.53 Å². The van der Waals surface area contributed by atoms with Crippen LogP contribution in [0.2, 0.25) is 0 Å². The second-order valence-corrected chi connectivity index (χ2v) is 6.16. The summed E-state index contributed by atoms with van der Waals surface area (Å²) in [4.78, 5) is 12.1. The summed E-state index contributed by atoms with van der Waals surface area (Å²) in [5.41, 5.74) is 1.66. The Morgan fingerprint density at radius 2 is 2.00 bits per heavy atom. The van der Waals surface area contributed by atoms with Gasteiger partial charge in [0.15, 0.2) is 0 Å². The Bertz CT molecular complexity index is 661. The third-order valence-electron chi connectivity index (χ3n) is 3.51. The lowest BCUT2D eigenvalue weighted by Gasteiger charge is -2.12. The summed E-state index contributed by atoms with van der Waals surface area (Å²) in [6.45, 7) is 3.04. The van der Waals surface area contributed by atoms with Crippen molar-refractivity contribution >= 4 is 21.8 Å². The zero-order valence-electron chi connectivity index (χ0n) is 13.3. The van der Waals surface area contributed by atoms with E-state index in [-0.39, 0.29) is 11.9 Å². The molecular weight excluding hydrogens is 356 g/mol. The molecule has 122 valence electrons. The molecular formula is C18H21BrN2O2. The SMILES string of the molecule is CNC(C)CNC(=O)c1cccc(OCc2ccccc2Br)c1. The van der Waals surface area contributed by atoms with E-state index in [2.05, 4.69) is 26.6 Å². The highest BCUT2D eigenvalue weighted by Crippen LogP contribution is 2.19. The van der Waals surface area contributed by atoms with Crippen LogP contribution in [0.5, 0.6) is 5.75 Å². The lowest BCUT2D eigenvalue weighted by Crippen LogP contribution is -2.37. The number of carbonyl (C=O) groups is 1. The van der Waals surface area contributed by atoms with Crippen molar-refractivity contribution in [1.82, 2.24) is 10.6 Å². The average molecular weight is 377 g/mol. The van der Waals surface area contributed by atoms with Gasteiger partial charge in [0.2, 0.25) is 0 Å². The number of hydrogen-bond donors (Lipinski definition) is 2. The molecule has 0 bridgehead atoms. The average Bonchev–Trinajstić information content (AvgIpc) is 2.59. The van der Waals surface area contributed by atoms with Crippen molar-refractivity contribution in [2.45, 2.75) is 19.6 Å². The monoisotopic (exact) mass is 376 g/mol. The molecule has 0 radical (unpaired) electrons. The van der Waals surface area contributed by atoms with Gasteiger partial charge in [-0.05, 0) is 38.2 Å². The molecule has 23 heavy (non-hydrogen) atoms. The van der Waals surface area contributed by atoms with Gasteiger partial charge >= 0.3 is 0 Å². The maximum Gasteiger partial charge on any atom is 0.251 e. The van der Waals surface area contributed by atoms with E-state index in [1.165, 1.54) is 0 Å². The third kappa shape index (κ3) is 5.37. The van der Waals surface area contributed by atoms with E-state index in [4.69, 9.17) is 4.74 Å². The zero-order valence-corrected chi connectivity index (χ0v) is 14.9. The number of hydrogen-bond acceptors (Lipinski definition) is 3. The molecule has 0 aliphatic heterocycles. The van der Waals surface area contributed by atoms with Crippen LogP contribution in [0.1, 0.15) is 22.8 Å². The first-order chi connectivity index (χ1) is 11.1. The molecule has 1 unspecified atom stereocenters. The first-order valence-corrected chi connectivity index (χ1v) is 8.31. The highest BCUT2D eigenvalue weighted by atomic mass is 79.9. The van der Waals surface area contributed by atoms with Crippen LogP contribution in [-0.4, -0.2) is 25.5 Å². The number of halogens is 1. The van der Waals surface area contributed by atoms with Gasteiger partial charge in [-0.2, -0.15) is 0 Å². The van der Waals surface area contributed by atoms with Crippen LogP contribution in [0.3, 0.4) is 0 Å². The minimum Gasteiger partial charge on any atom is -0.489 e. The molecule has 0 spiro atoms. The number of benzene rings is 2. The van der Waals surface area contributed by atoms with Crippen LogP contribution in [-0.2, 0) is 6.61 Å². The summed E-state index contributed by atoms with van der Waals surface area (Å²) in [7, 11) is 1.87. The number of likely N-dealkylation sites (N-methyl/N-ethyl adjacent to an activating group) is 1. The van der Waals surface area contributed by atoms with Gasteiger partial charge in [0, 0.05) is 28.2 Å². The maximum atomic E-state index is 12.1. The topological polar surface area (TPSA) is 50.4 Å². The molecule has 0 saturated heterocycles. The molecule has 0 aromatic heterocycles. The van der Waals surface area contributed by atoms with E-state index in [0.29, 0.717) is 24.5 Å². The van der Waals surface area contributed by atoms with Gasteiger partial charge in [-0.3, -0.25) is 4.79 Å². The Kier molecular flexibility index (Phi) is 6.62. The number of amides is 1. The lowest BCUT2D eigenvalue weighted by atomic mass is 10.2. The third-order valence-corrected chi connectivity index (χ3v) is 4.28. The van der Waals surface area contributed by atoms with E-state index < -0.39 is 0 Å². The predicted molar refractivity (Wildman–Crippen MR) is 95.8 cm³/mol. The molecule has 1 amide bonds. The van der Waals surface area contributed by atoms with Crippen LogP contribution in [0, 0.1) is 0 Å².